The quantitative estimate of drug-likeness (QED) is 0.240. The van der Waals surface area contributed by atoms with Crippen LogP contribution in [0.3, 0.4) is 0 Å². The lowest BCUT2D eigenvalue weighted by Gasteiger charge is -2.06. The molecule has 0 N–H and O–H groups in total. The Balaban J connectivity index is 2.39. The summed E-state index contributed by atoms with van der Waals surface area (Å²) in [5.41, 5.74) is 1.10. The third-order valence-corrected chi connectivity index (χ3v) is 2.21. The van der Waals surface area contributed by atoms with Gasteiger partial charge in [-0.05, 0) is 12.5 Å². The van der Waals surface area contributed by atoms with Crippen molar-refractivity contribution in [2.24, 2.45) is 5.34 Å². The summed E-state index contributed by atoms with van der Waals surface area (Å²) < 4.78 is 4.44. The Morgan fingerprint density at radius 3 is 2.69 bits per heavy atom. The van der Waals surface area contributed by atoms with E-state index in [0.29, 0.717) is 0 Å². The topological polar surface area (TPSA) is 47.9 Å². The maximum absolute atomic E-state index is 9.51. The van der Waals surface area contributed by atoms with Crippen molar-refractivity contribution < 1.29 is 9.32 Å². The lowest BCUT2D eigenvalue weighted by Crippen LogP contribution is -1.88. The van der Waals surface area contributed by atoms with Gasteiger partial charge in [0.05, 0.1) is 17.3 Å². The van der Waals surface area contributed by atoms with Crippen molar-refractivity contribution in [2.75, 3.05) is 0 Å². The zero-order valence-corrected chi connectivity index (χ0v) is 7.86. The SMILES string of the molecule is CC(SOON=O)c1ccccc1. The summed E-state index contributed by atoms with van der Waals surface area (Å²) in [5, 5.41) is 2.21. The van der Waals surface area contributed by atoms with Crippen LogP contribution in [0.4, 0.5) is 0 Å². The van der Waals surface area contributed by atoms with Crippen LogP contribution in [0.5, 0.6) is 0 Å². The van der Waals surface area contributed by atoms with Gasteiger partial charge in [0.1, 0.15) is 0 Å². The minimum Gasteiger partial charge on any atom is -0.168 e. The van der Waals surface area contributed by atoms with Gasteiger partial charge in [0.25, 0.3) is 0 Å². The molecule has 0 aliphatic rings. The van der Waals surface area contributed by atoms with Gasteiger partial charge in [0.15, 0.2) is 5.34 Å². The van der Waals surface area contributed by atoms with Crippen LogP contribution in [0.15, 0.2) is 35.7 Å². The lowest BCUT2D eigenvalue weighted by atomic mass is 10.2. The summed E-state index contributed by atoms with van der Waals surface area (Å²) in [6.45, 7) is 1.94. The van der Waals surface area contributed by atoms with Crippen molar-refractivity contribution in [2.45, 2.75) is 12.2 Å². The molecule has 1 atom stereocenters. The molecule has 0 aliphatic carbocycles. The van der Waals surface area contributed by atoms with Gasteiger partial charge in [0.2, 0.25) is 0 Å². The fourth-order valence-electron chi connectivity index (χ4n) is 0.869. The first-order valence-electron chi connectivity index (χ1n) is 3.71. The molecule has 0 heterocycles. The van der Waals surface area contributed by atoms with Gasteiger partial charge in [-0.1, -0.05) is 34.7 Å². The third kappa shape index (κ3) is 3.43. The summed E-state index contributed by atoms with van der Waals surface area (Å²) in [5.74, 6) is 0. The Kier molecular flexibility index (Phi) is 4.28. The van der Waals surface area contributed by atoms with Gasteiger partial charge in [-0.25, -0.2) is 0 Å². The molecule has 1 rings (SSSR count). The summed E-state index contributed by atoms with van der Waals surface area (Å²) in [6.07, 6.45) is 0. The molecule has 0 radical (unpaired) electrons. The van der Waals surface area contributed by atoms with Gasteiger partial charge < -0.3 is 0 Å². The Labute approximate surface area is 80.3 Å². The van der Waals surface area contributed by atoms with E-state index in [4.69, 9.17) is 0 Å². The second-order valence-electron chi connectivity index (χ2n) is 2.37. The highest BCUT2D eigenvalue weighted by molar-refractivity contribution is 7.94. The van der Waals surface area contributed by atoms with Crippen LogP contribution in [0.25, 0.3) is 0 Å². The van der Waals surface area contributed by atoms with Crippen molar-refractivity contribution >= 4 is 12.0 Å². The van der Waals surface area contributed by atoms with E-state index in [1.165, 1.54) is 0 Å². The van der Waals surface area contributed by atoms with Gasteiger partial charge in [-0.15, -0.1) is 4.91 Å². The van der Waals surface area contributed by atoms with Gasteiger partial charge >= 0.3 is 0 Å². The van der Waals surface area contributed by atoms with Crippen LogP contribution in [0, 0.1) is 4.91 Å². The number of hydrogen-bond donors (Lipinski definition) is 0. The highest BCUT2D eigenvalue weighted by atomic mass is 32.2. The second kappa shape index (κ2) is 5.55. The normalized spacial score (nSPS) is 12.1. The van der Waals surface area contributed by atoms with Gasteiger partial charge in [-0.3, -0.25) is 0 Å². The summed E-state index contributed by atoms with van der Waals surface area (Å²) in [7, 11) is 0. The maximum atomic E-state index is 9.51. The highest BCUT2D eigenvalue weighted by Gasteiger charge is 2.06. The Bertz CT molecular complexity index is 255. The van der Waals surface area contributed by atoms with E-state index < -0.39 is 0 Å². The smallest absolute Gasteiger partial charge is 0.168 e. The highest BCUT2D eigenvalue weighted by Crippen LogP contribution is 2.28. The van der Waals surface area contributed by atoms with Crippen molar-refractivity contribution in [3.8, 4) is 0 Å². The van der Waals surface area contributed by atoms with Crippen molar-refractivity contribution in [1.82, 2.24) is 0 Å². The molecule has 0 saturated heterocycles. The molecule has 4 nitrogen and oxygen atoms in total. The van der Waals surface area contributed by atoms with Crippen molar-refractivity contribution in [3.63, 3.8) is 0 Å². The molecule has 1 aromatic rings. The van der Waals surface area contributed by atoms with Crippen molar-refractivity contribution in [3.05, 3.63) is 40.8 Å². The van der Waals surface area contributed by atoms with Crippen LogP contribution in [-0.4, -0.2) is 0 Å². The lowest BCUT2D eigenvalue weighted by molar-refractivity contribution is -0.193. The minimum atomic E-state index is 0.1000. The van der Waals surface area contributed by atoms with E-state index in [-0.39, 0.29) is 5.25 Å². The molecule has 0 aliphatic heterocycles. The van der Waals surface area contributed by atoms with Gasteiger partial charge in [0, 0.05) is 0 Å². The molecule has 1 aromatic carbocycles. The van der Waals surface area contributed by atoms with E-state index in [1.54, 1.807) is 0 Å². The molecule has 1 unspecified atom stereocenters. The van der Waals surface area contributed by atoms with Crippen LogP contribution in [0.1, 0.15) is 17.7 Å². The molecular weight excluding hydrogens is 190 g/mol. The number of benzene rings is 1. The van der Waals surface area contributed by atoms with Crippen LogP contribution < -0.4 is 0 Å². The molecule has 0 amide bonds. The molecule has 70 valence electrons. The van der Waals surface area contributed by atoms with E-state index in [1.807, 2.05) is 37.3 Å². The minimum absolute atomic E-state index is 0.1000. The largest absolute Gasteiger partial charge is 0.191 e. The number of rotatable bonds is 5. The molecule has 0 bridgehead atoms. The Hall–Kier alpha value is -1.07. The molecule has 0 fully saturated rings. The average molecular weight is 199 g/mol. The molecule has 0 aromatic heterocycles. The van der Waals surface area contributed by atoms with E-state index >= 15 is 0 Å². The molecule has 0 spiro atoms. The van der Waals surface area contributed by atoms with E-state index in [2.05, 4.69) is 14.7 Å². The van der Waals surface area contributed by atoms with E-state index in [9.17, 15) is 4.91 Å². The van der Waals surface area contributed by atoms with E-state index in [0.717, 1.165) is 17.6 Å². The number of nitrogens with zero attached hydrogens (tertiary/aromatic N) is 1. The van der Waals surface area contributed by atoms with Gasteiger partial charge in [-0.2, -0.15) is 4.99 Å². The standard InChI is InChI=1S/C8H9NO3S/c1-7(13-12-11-9-10)8-5-3-2-4-6-8/h2-7H,1H3. The third-order valence-electron chi connectivity index (χ3n) is 1.51. The predicted molar refractivity (Wildman–Crippen MR) is 50.4 cm³/mol. The van der Waals surface area contributed by atoms with Crippen LogP contribution >= 0.6 is 12.0 Å². The Morgan fingerprint density at radius 1 is 1.38 bits per heavy atom. The molecule has 13 heavy (non-hydrogen) atoms. The van der Waals surface area contributed by atoms with Crippen molar-refractivity contribution in [1.29, 1.82) is 0 Å². The first kappa shape index (κ1) is 10.0. The Morgan fingerprint density at radius 2 is 2.08 bits per heavy atom. The average Bonchev–Trinajstić information content (AvgIpc) is 2.19. The van der Waals surface area contributed by atoms with Crippen LogP contribution in [-0.2, 0) is 9.32 Å². The second-order valence-corrected chi connectivity index (χ2v) is 3.40. The molecular formula is C8H9NO3S. The molecule has 5 heteroatoms. The summed E-state index contributed by atoms with van der Waals surface area (Å²) in [4.78, 5) is 13.4. The molecule has 0 saturated carbocycles. The number of hydrogen-bond acceptors (Lipinski definition) is 5. The van der Waals surface area contributed by atoms with Crippen LogP contribution in [0.2, 0.25) is 0 Å². The zero-order chi connectivity index (χ0) is 9.52. The fourth-order valence-corrected chi connectivity index (χ4v) is 1.31. The maximum Gasteiger partial charge on any atom is 0.191 e. The fraction of sp³-hybridized carbons (Fsp3) is 0.250. The summed E-state index contributed by atoms with van der Waals surface area (Å²) in [6, 6.07) is 9.74. The first-order valence-corrected chi connectivity index (χ1v) is 4.52. The predicted octanol–water partition coefficient (Wildman–Crippen LogP) is 3.03. The first-order chi connectivity index (χ1) is 6.34. The monoisotopic (exact) mass is 199 g/mol. The summed E-state index contributed by atoms with van der Waals surface area (Å²) >= 11 is 1.04. The zero-order valence-electron chi connectivity index (χ0n) is 7.04.